The summed E-state index contributed by atoms with van der Waals surface area (Å²) in [5.41, 5.74) is 6.69. The third kappa shape index (κ3) is 4.59. The monoisotopic (exact) mass is 528 g/mol. The van der Waals surface area contributed by atoms with Crippen molar-refractivity contribution in [1.29, 1.82) is 5.26 Å². The molecule has 0 aromatic carbocycles. The number of hydrogen-bond acceptors (Lipinski definition) is 7. The summed E-state index contributed by atoms with van der Waals surface area (Å²) in [6.45, 7) is 4.17. The highest BCUT2D eigenvalue weighted by Gasteiger charge is 2.35. The van der Waals surface area contributed by atoms with Crippen LogP contribution in [-0.4, -0.2) is 61.7 Å². The summed E-state index contributed by atoms with van der Waals surface area (Å²) < 4.78 is 4.23. The van der Waals surface area contributed by atoms with Crippen molar-refractivity contribution in [3.05, 3.63) is 56.0 Å². The summed E-state index contributed by atoms with van der Waals surface area (Å²) in [7, 11) is 1.58. The highest BCUT2D eigenvalue weighted by Crippen LogP contribution is 2.34. The fraction of sp³-hybridized carbons (Fsp3) is 0.464. The summed E-state index contributed by atoms with van der Waals surface area (Å²) in [4.78, 5) is 50.0. The summed E-state index contributed by atoms with van der Waals surface area (Å²) >= 11 is 0. The predicted molar refractivity (Wildman–Crippen MR) is 148 cm³/mol. The highest BCUT2D eigenvalue weighted by molar-refractivity contribution is 6.11. The number of piperidine rings is 1. The summed E-state index contributed by atoms with van der Waals surface area (Å²) in [6.07, 6.45) is 5.06. The lowest BCUT2D eigenvalue weighted by Gasteiger charge is -2.34. The van der Waals surface area contributed by atoms with Gasteiger partial charge in [0.2, 0.25) is 0 Å². The first-order valence-corrected chi connectivity index (χ1v) is 13.3. The molecule has 5 rings (SSSR count). The molecule has 1 atom stereocenters. The first-order chi connectivity index (χ1) is 18.9. The molecule has 2 N–H and O–H groups in total. The zero-order valence-electron chi connectivity index (χ0n) is 22.3. The van der Waals surface area contributed by atoms with Crippen molar-refractivity contribution in [1.82, 2.24) is 23.6 Å². The minimum Gasteiger partial charge on any atom is -0.356 e. The lowest BCUT2D eigenvalue weighted by molar-refractivity contribution is 0.0794. The van der Waals surface area contributed by atoms with E-state index in [-0.39, 0.29) is 36.1 Å². The van der Waals surface area contributed by atoms with Crippen molar-refractivity contribution in [3.63, 3.8) is 0 Å². The van der Waals surface area contributed by atoms with E-state index in [0.717, 1.165) is 30.3 Å². The van der Waals surface area contributed by atoms with Crippen molar-refractivity contribution < 1.29 is 4.79 Å². The van der Waals surface area contributed by atoms with Gasteiger partial charge in [0, 0.05) is 45.5 Å². The van der Waals surface area contributed by atoms with E-state index in [0.29, 0.717) is 48.8 Å². The van der Waals surface area contributed by atoms with Gasteiger partial charge in [-0.3, -0.25) is 23.7 Å². The van der Waals surface area contributed by atoms with Crippen molar-refractivity contribution in [2.75, 3.05) is 31.1 Å². The maximum Gasteiger partial charge on any atom is 0.331 e. The van der Waals surface area contributed by atoms with Gasteiger partial charge in [0.15, 0.2) is 0 Å². The molecule has 202 valence electrons. The molecule has 11 heteroatoms. The van der Waals surface area contributed by atoms with E-state index >= 15 is 0 Å². The number of fused-ring (bicyclic) bond motifs is 1. The number of rotatable bonds is 5. The second-order valence-electron chi connectivity index (χ2n) is 10.1. The van der Waals surface area contributed by atoms with Crippen molar-refractivity contribution in [2.45, 2.75) is 51.7 Å². The van der Waals surface area contributed by atoms with Crippen molar-refractivity contribution in [3.8, 4) is 17.9 Å². The number of nitrogens with two attached hydrogens (primary N) is 1. The Balaban J connectivity index is 1.84. The molecule has 0 unspecified atom stereocenters. The summed E-state index contributed by atoms with van der Waals surface area (Å²) in [5, 5.41) is 9.53. The predicted octanol–water partition coefficient (Wildman–Crippen LogP) is 1.00. The third-order valence-electron chi connectivity index (χ3n) is 7.61. The SMILES string of the molecule is CC#CCn1c(N2CCC[C@@H](N)C2)c(C(=O)N2CCCC2)c2c1c(=O)n(Cc1ncccc1C#N)c(=O)n2C. The van der Waals surface area contributed by atoms with Crippen LogP contribution in [0, 0.1) is 23.2 Å². The smallest absolute Gasteiger partial charge is 0.331 e. The fourth-order valence-electron chi connectivity index (χ4n) is 5.70. The highest BCUT2D eigenvalue weighted by atomic mass is 16.2. The molecule has 3 aromatic rings. The number of amides is 1. The molecule has 5 heterocycles. The Morgan fingerprint density at radius 1 is 1.15 bits per heavy atom. The van der Waals surface area contributed by atoms with E-state index < -0.39 is 11.2 Å². The Kier molecular flexibility index (Phi) is 7.27. The van der Waals surface area contributed by atoms with Gasteiger partial charge in [0.1, 0.15) is 23.0 Å². The molecule has 11 nitrogen and oxygen atoms in total. The van der Waals surface area contributed by atoms with Crippen LogP contribution in [0.1, 0.15) is 54.2 Å². The van der Waals surface area contributed by atoms with Crippen LogP contribution in [-0.2, 0) is 20.1 Å². The first kappa shape index (κ1) is 26.3. The number of carbonyl (C=O) groups excluding carboxylic acids is 1. The van der Waals surface area contributed by atoms with Gasteiger partial charge in [-0.15, -0.1) is 5.92 Å². The fourth-order valence-corrected chi connectivity index (χ4v) is 5.70. The second-order valence-corrected chi connectivity index (χ2v) is 10.1. The second kappa shape index (κ2) is 10.8. The van der Waals surface area contributed by atoms with Crippen molar-refractivity contribution in [2.24, 2.45) is 12.8 Å². The molecule has 39 heavy (non-hydrogen) atoms. The lowest BCUT2D eigenvalue weighted by Crippen LogP contribution is -2.44. The average molecular weight is 529 g/mol. The Morgan fingerprint density at radius 2 is 1.92 bits per heavy atom. The number of nitrogens with zero attached hydrogens (tertiary/aromatic N) is 7. The molecule has 1 amide bonds. The molecule has 0 spiro atoms. The zero-order valence-corrected chi connectivity index (χ0v) is 22.3. The van der Waals surface area contributed by atoms with Gasteiger partial charge in [-0.25, -0.2) is 4.79 Å². The minimum absolute atomic E-state index is 0.0776. The van der Waals surface area contributed by atoms with Gasteiger partial charge in [-0.2, -0.15) is 5.26 Å². The third-order valence-corrected chi connectivity index (χ3v) is 7.61. The molecular formula is C28H32N8O3. The van der Waals surface area contributed by atoms with Crippen LogP contribution < -0.4 is 21.9 Å². The van der Waals surface area contributed by atoms with Crippen LogP contribution in [0.3, 0.4) is 0 Å². The van der Waals surface area contributed by atoms with E-state index in [9.17, 15) is 19.6 Å². The molecule has 3 aromatic heterocycles. The minimum atomic E-state index is -0.585. The van der Waals surface area contributed by atoms with Gasteiger partial charge in [-0.1, -0.05) is 5.92 Å². The molecule has 0 saturated carbocycles. The van der Waals surface area contributed by atoms with Crippen molar-refractivity contribution >= 4 is 22.8 Å². The topological polar surface area (TPSA) is 135 Å². The van der Waals surface area contributed by atoms with E-state index in [4.69, 9.17) is 5.73 Å². The molecule has 0 bridgehead atoms. The number of anilines is 1. The van der Waals surface area contributed by atoms with E-state index in [1.54, 1.807) is 35.6 Å². The van der Waals surface area contributed by atoms with E-state index in [2.05, 4.69) is 27.8 Å². The van der Waals surface area contributed by atoms with Gasteiger partial charge in [-0.05, 0) is 44.7 Å². The number of hydrogen-bond donors (Lipinski definition) is 1. The number of aromatic nitrogens is 4. The quantitative estimate of drug-likeness (QED) is 0.488. The van der Waals surface area contributed by atoms with E-state index in [1.807, 2.05) is 0 Å². The van der Waals surface area contributed by atoms with Crippen LogP contribution in [0.2, 0.25) is 0 Å². The van der Waals surface area contributed by atoms with Crippen LogP contribution in [0.5, 0.6) is 0 Å². The maximum absolute atomic E-state index is 14.1. The summed E-state index contributed by atoms with van der Waals surface area (Å²) in [6, 6.07) is 5.23. The standard InChI is InChI=1S/C28H32N8O3/c1-3-4-15-35-24-23(32(2)28(39)36(27(24)38)18-21-19(16-29)9-7-11-31-21)22(26(37)33-12-5-6-13-33)25(35)34-14-8-10-20(30)17-34/h7,9,11,20H,5-6,8,10,12-15,17-18,30H2,1-2H3/t20-/m1/s1. The van der Waals surface area contributed by atoms with E-state index in [1.165, 1.54) is 10.8 Å². The Hall–Kier alpha value is -4.35. The Labute approximate surface area is 226 Å². The van der Waals surface area contributed by atoms with Crippen LogP contribution in [0.25, 0.3) is 11.0 Å². The van der Waals surface area contributed by atoms with Gasteiger partial charge < -0.3 is 20.1 Å². The summed E-state index contributed by atoms with van der Waals surface area (Å²) in [5.74, 6) is 6.34. The Morgan fingerprint density at radius 3 is 2.62 bits per heavy atom. The number of likely N-dealkylation sites (tertiary alicyclic amines) is 1. The molecular weight excluding hydrogens is 496 g/mol. The van der Waals surface area contributed by atoms with Crippen LogP contribution >= 0.6 is 0 Å². The number of nitriles is 1. The molecule has 0 aliphatic carbocycles. The first-order valence-electron chi connectivity index (χ1n) is 13.3. The molecule has 2 aliphatic heterocycles. The van der Waals surface area contributed by atoms with Gasteiger partial charge >= 0.3 is 5.69 Å². The molecule has 2 saturated heterocycles. The number of carbonyl (C=O) groups is 1. The maximum atomic E-state index is 14.1. The van der Waals surface area contributed by atoms with Gasteiger partial charge in [0.25, 0.3) is 11.5 Å². The van der Waals surface area contributed by atoms with Crippen LogP contribution in [0.4, 0.5) is 5.82 Å². The lowest BCUT2D eigenvalue weighted by atomic mass is 10.1. The normalized spacial score (nSPS) is 17.2. The Bertz CT molecular complexity index is 1660. The zero-order chi connectivity index (χ0) is 27.7. The molecule has 2 aliphatic rings. The number of aryl methyl sites for hydroxylation is 1. The van der Waals surface area contributed by atoms with Crippen LogP contribution in [0.15, 0.2) is 27.9 Å². The largest absolute Gasteiger partial charge is 0.356 e. The number of pyridine rings is 1. The van der Waals surface area contributed by atoms with Gasteiger partial charge in [0.05, 0.1) is 29.9 Å². The average Bonchev–Trinajstić information content (AvgIpc) is 3.60. The molecule has 0 radical (unpaired) electrons. The molecule has 2 fully saturated rings.